The number of fused-ring (bicyclic) bond motifs is 1. The van der Waals surface area contributed by atoms with Gasteiger partial charge in [-0.25, -0.2) is 4.98 Å². The van der Waals surface area contributed by atoms with Crippen LogP contribution in [0.1, 0.15) is 24.2 Å². The fourth-order valence-corrected chi connectivity index (χ4v) is 3.47. The van der Waals surface area contributed by atoms with E-state index in [0.29, 0.717) is 0 Å². The molecule has 1 N–H and O–H groups in total. The number of hydrogen-bond acceptors (Lipinski definition) is 4. The SMILES string of the molecule is C[C@H](C(=O)N1CCN(Cc2nc3ccccc3[nH]2)CC1)c1cccnc1. The molecule has 1 atom stereocenters. The molecule has 4 rings (SSSR count). The molecular formula is C20H23N5O. The molecule has 1 aliphatic heterocycles. The summed E-state index contributed by atoms with van der Waals surface area (Å²) >= 11 is 0. The summed E-state index contributed by atoms with van der Waals surface area (Å²) in [4.78, 5) is 29.2. The summed E-state index contributed by atoms with van der Waals surface area (Å²) in [7, 11) is 0. The van der Waals surface area contributed by atoms with E-state index in [1.54, 1.807) is 12.4 Å². The average Bonchev–Trinajstić information content (AvgIpc) is 3.10. The monoisotopic (exact) mass is 349 g/mol. The highest BCUT2D eigenvalue weighted by Gasteiger charge is 2.26. The van der Waals surface area contributed by atoms with Crippen LogP contribution in [0.15, 0.2) is 48.8 Å². The number of nitrogens with one attached hydrogen (secondary N) is 1. The maximum Gasteiger partial charge on any atom is 0.229 e. The molecule has 0 radical (unpaired) electrons. The normalized spacial score (nSPS) is 16.7. The van der Waals surface area contributed by atoms with Gasteiger partial charge < -0.3 is 9.88 Å². The maximum atomic E-state index is 12.7. The second-order valence-electron chi connectivity index (χ2n) is 6.81. The lowest BCUT2D eigenvalue weighted by Crippen LogP contribution is -2.49. The Morgan fingerprint density at radius 1 is 1.15 bits per heavy atom. The van der Waals surface area contributed by atoms with Gasteiger partial charge in [0.1, 0.15) is 5.82 Å². The van der Waals surface area contributed by atoms with Gasteiger partial charge in [-0.2, -0.15) is 0 Å². The first-order valence-corrected chi connectivity index (χ1v) is 9.05. The predicted octanol–water partition coefficient (Wildman–Crippen LogP) is 2.41. The molecule has 1 saturated heterocycles. The van der Waals surface area contributed by atoms with Gasteiger partial charge in [-0.05, 0) is 30.7 Å². The number of carbonyl (C=O) groups is 1. The molecule has 3 aromatic rings. The molecule has 1 aliphatic rings. The number of amides is 1. The molecule has 134 valence electrons. The second-order valence-corrected chi connectivity index (χ2v) is 6.81. The summed E-state index contributed by atoms with van der Waals surface area (Å²) in [6.45, 7) is 5.98. The van der Waals surface area contributed by atoms with Crippen molar-refractivity contribution >= 4 is 16.9 Å². The smallest absolute Gasteiger partial charge is 0.229 e. The van der Waals surface area contributed by atoms with Crippen LogP contribution >= 0.6 is 0 Å². The Morgan fingerprint density at radius 3 is 2.69 bits per heavy atom. The highest BCUT2D eigenvalue weighted by molar-refractivity contribution is 5.83. The van der Waals surface area contributed by atoms with E-state index in [-0.39, 0.29) is 11.8 Å². The van der Waals surface area contributed by atoms with E-state index in [0.717, 1.165) is 55.1 Å². The largest absolute Gasteiger partial charge is 0.341 e. The number of benzene rings is 1. The van der Waals surface area contributed by atoms with Crippen molar-refractivity contribution in [2.75, 3.05) is 26.2 Å². The van der Waals surface area contributed by atoms with E-state index in [2.05, 4.69) is 19.9 Å². The number of rotatable bonds is 4. The van der Waals surface area contributed by atoms with Crippen LogP contribution in [0.5, 0.6) is 0 Å². The second kappa shape index (κ2) is 7.25. The zero-order chi connectivity index (χ0) is 17.9. The fraction of sp³-hybridized carbons (Fsp3) is 0.350. The van der Waals surface area contributed by atoms with Gasteiger partial charge in [-0.1, -0.05) is 18.2 Å². The zero-order valence-corrected chi connectivity index (χ0v) is 14.9. The van der Waals surface area contributed by atoms with E-state index in [9.17, 15) is 4.79 Å². The van der Waals surface area contributed by atoms with Gasteiger partial charge in [-0.3, -0.25) is 14.7 Å². The number of H-pyrrole nitrogens is 1. The van der Waals surface area contributed by atoms with Gasteiger partial charge in [0.25, 0.3) is 0 Å². The molecule has 0 bridgehead atoms. The van der Waals surface area contributed by atoms with Crippen LogP contribution in [0.2, 0.25) is 0 Å². The zero-order valence-electron chi connectivity index (χ0n) is 14.9. The number of aromatic nitrogens is 3. The van der Waals surface area contributed by atoms with Crippen LogP contribution in [0.4, 0.5) is 0 Å². The number of piperazine rings is 1. The maximum absolute atomic E-state index is 12.7. The van der Waals surface area contributed by atoms with Crippen LogP contribution in [0.3, 0.4) is 0 Å². The van der Waals surface area contributed by atoms with E-state index in [1.165, 1.54) is 0 Å². The van der Waals surface area contributed by atoms with Crippen LogP contribution in [0.25, 0.3) is 11.0 Å². The minimum atomic E-state index is -0.148. The Balaban J connectivity index is 1.34. The van der Waals surface area contributed by atoms with Crippen LogP contribution in [-0.4, -0.2) is 56.8 Å². The van der Waals surface area contributed by atoms with Gasteiger partial charge in [0, 0.05) is 38.6 Å². The van der Waals surface area contributed by atoms with E-state index in [4.69, 9.17) is 0 Å². The summed E-state index contributed by atoms with van der Waals surface area (Å²) in [5.41, 5.74) is 3.05. The van der Waals surface area contributed by atoms with Crippen molar-refractivity contribution in [1.29, 1.82) is 0 Å². The molecular weight excluding hydrogens is 326 g/mol. The van der Waals surface area contributed by atoms with Crippen LogP contribution in [0, 0.1) is 0 Å². The predicted molar refractivity (Wildman–Crippen MR) is 101 cm³/mol. The number of hydrogen-bond donors (Lipinski definition) is 1. The third kappa shape index (κ3) is 3.46. The highest BCUT2D eigenvalue weighted by Crippen LogP contribution is 2.19. The fourth-order valence-electron chi connectivity index (χ4n) is 3.47. The van der Waals surface area contributed by atoms with Crippen molar-refractivity contribution in [3.63, 3.8) is 0 Å². The van der Waals surface area contributed by atoms with Crippen molar-refractivity contribution in [2.24, 2.45) is 0 Å². The number of para-hydroxylation sites is 2. The number of nitrogens with zero attached hydrogens (tertiary/aromatic N) is 4. The number of pyridine rings is 1. The average molecular weight is 349 g/mol. The topological polar surface area (TPSA) is 65.1 Å². The van der Waals surface area contributed by atoms with Crippen LogP contribution in [-0.2, 0) is 11.3 Å². The van der Waals surface area contributed by atoms with Crippen molar-refractivity contribution in [3.8, 4) is 0 Å². The van der Waals surface area contributed by atoms with Gasteiger partial charge in [0.2, 0.25) is 5.91 Å². The lowest BCUT2D eigenvalue weighted by molar-refractivity contribution is -0.134. The van der Waals surface area contributed by atoms with Gasteiger partial charge >= 0.3 is 0 Å². The van der Waals surface area contributed by atoms with E-state index in [1.807, 2.05) is 48.2 Å². The lowest BCUT2D eigenvalue weighted by Gasteiger charge is -2.35. The van der Waals surface area contributed by atoms with E-state index >= 15 is 0 Å². The molecule has 6 nitrogen and oxygen atoms in total. The highest BCUT2D eigenvalue weighted by atomic mass is 16.2. The number of imidazole rings is 1. The summed E-state index contributed by atoms with van der Waals surface area (Å²) in [6.07, 6.45) is 3.51. The number of aromatic amines is 1. The molecule has 3 heterocycles. The van der Waals surface area contributed by atoms with Crippen molar-refractivity contribution in [1.82, 2.24) is 24.8 Å². The molecule has 0 saturated carbocycles. The Labute approximate surface area is 152 Å². The first kappa shape index (κ1) is 16.7. The molecule has 1 amide bonds. The van der Waals surface area contributed by atoms with Crippen LogP contribution < -0.4 is 0 Å². The molecule has 6 heteroatoms. The van der Waals surface area contributed by atoms with Crippen molar-refractivity contribution in [3.05, 3.63) is 60.2 Å². The molecule has 2 aromatic heterocycles. The Bertz CT molecular complexity index is 850. The standard InChI is InChI=1S/C20H23N5O/c1-15(16-5-4-8-21-13-16)20(26)25-11-9-24(10-12-25)14-19-22-17-6-2-3-7-18(17)23-19/h2-8,13,15H,9-12,14H2,1H3,(H,22,23)/t15-/m0/s1. The van der Waals surface area contributed by atoms with Crippen molar-refractivity contribution in [2.45, 2.75) is 19.4 Å². The molecule has 1 fully saturated rings. The van der Waals surface area contributed by atoms with Crippen molar-refractivity contribution < 1.29 is 4.79 Å². The Morgan fingerprint density at radius 2 is 1.96 bits per heavy atom. The summed E-state index contributed by atoms with van der Waals surface area (Å²) < 4.78 is 0. The van der Waals surface area contributed by atoms with Gasteiger partial charge in [0.15, 0.2) is 0 Å². The number of carbonyl (C=O) groups excluding carboxylic acids is 1. The molecule has 0 spiro atoms. The first-order valence-electron chi connectivity index (χ1n) is 9.05. The lowest BCUT2D eigenvalue weighted by atomic mass is 10.0. The third-order valence-corrected chi connectivity index (χ3v) is 5.05. The van der Waals surface area contributed by atoms with Gasteiger partial charge in [-0.15, -0.1) is 0 Å². The summed E-state index contributed by atoms with van der Waals surface area (Å²) in [5.74, 6) is 1.02. The molecule has 0 aliphatic carbocycles. The summed E-state index contributed by atoms with van der Waals surface area (Å²) in [5, 5.41) is 0. The molecule has 26 heavy (non-hydrogen) atoms. The summed E-state index contributed by atoms with van der Waals surface area (Å²) in [6, 6.07) is 11.9. The van der Waals surface area contributed by atoms with Gasteiger partial charge in [0.05, 0.1) is 23.5 Å². The molecule has 0 unspecified atom stereocenters. The third-order valence-electron chi connectivity index (χ3n) is 5.05. The minimum absolute atomic E-state index is 0.148. The Kier molecular flexibility index (Phi) is 4.67. The Hall–Kier alpha value is -2.73. The minimum Gasteiger partial charge on any atom is -0.341 e. The molecule has 1 aromatic carbocycles. The first-order chi connectivity index (χ1) is 12.7. The van der Waals surface area contributed by atoms with E-state index < -0.39 is 0 Å². The quantitative estimate of drug-likeness (QED) is 0.786.